The van der Waals surface area contributed by atoms with Crippen molar-refractivity contribution in [2.75, 3.05) is 18.4 Å². The zero-order chi connectivity index (χ0) is 19.4. The summed E-state index contributed by atoms with van der Waals surface area (Å²) in [5, 5.41) is 2.60. The van der Waals surface area contributed by atoms with Crippen molar-refractivity contribution in [2.24, 2.45) is 5.92 Å². The van der Waals surface area contributed by atoms with Crippen LogP contribution in [-0.2, 0) is 17.5 Å². The van der Waals surface area contributed by atoms with E-state index in [0.717, 1.165) is 30.7 Å². The van der Waals surface area contributed by atoms with Crippen LogP contribution in [0.1, 0.15) is 24.0 Å². The van der Waals surface area contributed by atoms with Gasteiger partial charge < -0.3 is 5.32 Å². The second-order valence-electron chi connectivity index (χ2n) is 6.77. The van der Waals surface area contributed by atoms with Gasteiger partial charge in [-0.3, -0.25) is 9.69 Å². The molecule has 0 aromatic heterocycles. The van der Waals surface area contributed by atoms with Gasteiger partial charge in [-0.2, -0.15) is 13.2 Å². The van der Waals surface area contributed by atoms with Gasteiger partial charge in [0.25, 0.3) is 0 Å². The van der Waals surface area contributed by atoms with Crippen molar-refractivity contribution in [2.45, 2.75) is 25.6 Å². The first-order valence-electron chi connectivity index (χ1n) is 8.76. The van der Waals surface area contributed by atoms with Crippen molar-refractivity contribution in [3.8, 4) is 0 Å². The monoisotopic (exact) mass is 380 g/mol. The molecule has 2 aromatic rings. The van der Waals surface area contributed by atoms with Gasteiger partial charge in [0, 0.05) is 18.8 Å². The highest BCUT2D eigenvalue weighted by atomic mass is 19.4. The van der Waals surface area contributed by atoms with Gasteiger partial charge in [0.05, 0.1) is 11.5 Å². The number of carbonyl (C=O) groups excluding carboxylic acids is 1. The summed E-state index contributed by atoms with van der Waals surface area (Å²) >= 11 is 0. The number of hydrogen-bond acceptors (Lipinski definition) is 2. The molecule has 1 fully saturated rings. The molecule has 0 radical (unpaired) electrons. The lowest BCUT2D eigenvalue weighted by Gasteiger charge is -2.32. The Labute approximate surface area is 155 Å². The van der Waals surface area contributed by atoms with E-state index in [1.807, 2.05) is 0 Å². The van der Waals surface area contributed by atoms with Gasteiger partial charge in [0.1, 0.15) is 5.82 Å². The Bertz CT molecular complexity index is 789. The summed E-state index contributed by atoms with van der Waals surface area (Å²) in [6.07, 6.45) is -2.94. The topological polar surface area (TPSA) is 32.3 Å². The normalized spacial score (nSPS) is 18.3. The van der Waals surface area contributed by atoms with Crippen LogP contribution in [0, 0.1) is 11.7 Å². The van der Waals surface area contributed by atoms with E-state index < -0.39 is 11.7 Å². The zero-order valence-corrected chi connectivity index (χ0v) is 14.6. The number of nitrogens with one attached hydrogen (secondary N) is 1. The maximum Gasteiger partial charge on any atom is 0.416 e. The fourth-order valence-electron chi connectivity index (χ4n) is 3.28. The van der Waals surface area contributed by atoms with Crippen LogP contribution in [0.15, 0.2) is 48.5 Å². The molecule has 0 bridgehead atoms. The van der Waals surface area contributed by atoms with Gasteiger partial charge >= 0.3 is 6.18 Å². The van der Waals surface area contributed by atoms with Crippen LogP contribution in [0.2, 0.25) is 0 Å². The molecule has 7 heteroatoms. The molecule has 1 amide bonds. The highest BCUT2D eigenvalue weighted by Gasteiger charge is 2.31. The molecule has 3 nitrogen and oxygen atoms in total. The van der Waals surface area contributed by atoms with Crippen molar-refractivity contribution in [3.05, 3.63) is 65.5 Å². The van der Waals surface area contributed by atoms with E-state index in [1.54, 1.807) is 12.1 Å². The largest absolute Gasteiger partial charge is 0.416 e. The second-order valence-corrected chi connectivity index (χ2v) is 6.77. The minimum absolute atomic E-state index is 0.144. The number of nitrogens with zero attached hydrogens (tertiary/aromatic N) is 1. The first kappa shape index (κ1) is 19.4. The first-order chi connectivity index (χ1) is 12.8. The fraction of sp³-hybridized carbons (Fsp3) is 0.350. The molecule has 27 heavy (non-hydrogen) atoms. The average molecular weight is 380 g/mol. The highest BCUT2D eigenvalue weighted by molar-refractivity contribution is 5.92. The molecule has 1 saturated heterocycles. The lowest BCUT2D eigenvalue weighted by Crippen LogP contribution is -2.40. The number of anilines is 1. The maximum atomic E-state index is 13.0. The Morgan fingerprint density at radius 3 is 2.59 bits per heavy atom. The lowest BCUT2D eigenvalue weighted by molar-refractivity contribution is -0.137. The smallest absolute Gasteiger partial charge is 0.326 e. The molecule has 1 aliphatic heterocycles. The summed E-state index contributed by atoms with van der Waals surface area (Å²) < 4.78 is 51.4. The summed E-state index contributed by atoms with van der Waals surface area (Å²) in [5.41, 5.74) is 0.308. The van der Waals surface area contributed by atoms with E-state index >= 15 is 0 Å². The number of likely N-dealkylation sites (tertiary alicyclic amines) is 1. The van der Waals surface area contributed by atoms with Crippen LogP contribution < -0.4 is 5.32 Å². The highest BCUT2D eigenvalue weighted by Crippen LogP contribution is 2.31. The van der Waals surface area contributed by atoms with E-state index in [1.165, 1.54) is 24.3 Å². The number of piperidine rings is 1. The molecule has 1 aliphatic rings. The molecular formula is C20H20F4N2O. The Balaban J connectivity index is 1.60. The molecule has 0 unspecified atom stereocenters. The molecular weight excluding hydrogens is 360 g/mol. The van der Waals surface area contributed by atoms with Gasteiger partial charge in [-0.15, -0.1) is 0 Å². The fourth-order valence-corrected chi connectivity index (χ4v) is 3.28. The molecule has 1 heterocycles. The van der Waals surface area contributed by atoms with E-state index in [9.17, 15) is 22.4 Å². The average Bonchev–Trinajstić information content (AvgIpc) is 2.63. The first-order valence-corrected chi connectivity index (χ1v) is 8.76. The van der Waals surface area contributed by atoms with Gasteiger partial charge in [-0.05, 0) is 55.3 Å². The van der Waals surface area contributed by atoms with Crippen molar-refractivity contribution >= 4 is 11.6 Å². The Morgan fingerprint density at radius 1 is 1.15 bits per heavy atom. The minimum atomic E-state index is -4.45. The summed E-state index contributed by atoms with van der Waals surface area (Å²) in [7, 11) is 0. The van der Waals surface area contributed by atoms with Crippen molar-refractivity contribution < 1.29 is 22.4 Å². The Kier molecular flexibility index (Phi) is 5.79. The van der Waals surface area contributed by atoms with E-state index in [0.29, 0.717) is 19.5 Å². The summed E-state index contributed by atoms with van der Waals surface area (Å²) in [5.74, 6) is -0.873. The molecule has 144 valence electrons. The molecule has 2 aromatic carbocycles. The van der Waals surface area contributed by atoms with Gasteiger partial charge in [0.15, 0.2) is 0 Å². The number of alkyl halides is 3. The van der Waals surface area contributed by atoms with Gasteiger partial charge in [0.2, 0.25) is 5.91 Å². The number of benzene rings is 2. The predicted octanol–water partition coefficient (Wildman–Crippen LogP) is 4.70. The zero-order valence-electron chi connectivity index (χ0n) is 14.6. The molecule has 0 spiro atoms. The summed E-state index contributed by atoms with van der Waals surface area (Å²) in [6, 6.07) is 10.9. The molecule has 1 atom stereocenters. The number of hydrogen-bond donors (Lipinski definition) is 1. The van der Waals surface area contributed by atoms with Gasteiger partial charge in [-0.1, -0.05) is 18.2 Å². The van der Waals surface area contributed by atoms with Crippen molar-refractivity contribution in [3.63, 3.8) is 0 Å². The molecule has 3 rings (SSSR count). The van der Waals surface area contributed by atoms with Crippen LogP contribution in [0.5, 0.6) is 0 Å². The Hall–Kier alpha value is -2.41. The van der Waals surface area contributed by atoms with Crippen LogP contribution in [0.4, 0.5) is 23.2 Å². The number of amides is 1. The van der Waals surface area contributed by atoms with Crippen LogP contribution in [-0.4, -0.2) is 23.9 Å². The molecule has 0 aliphatic carbocycles. The molecule has 1 N–H and O–H groups in total. The minimum Gasteiger partial charge on any atom is -0.326 e. The SMILES string of the molecule is O=C(Nc1cccc(C(F)(F)F)c1)[C@H]1CCCN(Cc2ccc(F)cc2)C1. The summed E-state index contributed by atoms with van der Waals surface area (Å²) in [4.78, 5) is 14.6. The van der Waals surface area contributed by atoms with Gasteiger partial charge in [-0.25, -0.2) is 4.39 Å². The van der Waals surface area contributed by atoms with Crippen LogP contribution >= 0.6 is 0 Å². The maximum absolute atomic E-state index is 13.0. The molecule has 0 saturated carbocycles. The standard InChI is InChI=1S/C20H20F4N2O/c21-17-8-6-14(7-9-17)12-26-10-2-3-15(13-26)19(27)25-18-5-1-4-16(11-18)20(22,23)24/h1,4-9,11,15H,2-3,10,12-13H2,(H,25,27)/t15-/m0/s1. The lowest BCUT2D eigenvalue weighted by atomic mass is 9.96. The third kappa shape index (κ3) is 5.29. The van der Waals surface area contributed by atoms with Crippen LogP contribution in [0.25, 0.3) is 0 Å². The second kappa shape index (κ2) is 8.08. The van der Waals surface area contributed by atoms with E-state index in [4.69, 9.17) is 0 Å². The third-order valence-corrected chi connectivity index (χ3v) is 4.65. The third-order valence-electron chi connectivity index (χ3n) is 4.65. The predicted molar refractivity (Wildman–Crippen MR) is 94.5 cm³/mol. The van der Waals surface area contributed by atoms with Crippen molar-refractivity contribution in [1.29, 1.82) is 0 Å². The number of halogens is 4. The quantitative estimate of drug-likeness (QED) is 0.780. The van der Waals surface area contributed by atoms with E-state index in [-0.39, 0.29) is 23.3 Å². The van der Waals surface area contributed by atoms with E-state index in [2.05, 4.69) is 10.2 Å². The number of carbonyl (C=O) groups is 1. The van der Waals surface area contributed by atoms with Crippen molar-refractivity contribution in [1.82, 2.24) is 4.90 Å². The summed E-state index contributed by atoms with van der Waals surface area (Å²) in [6.45, 7) is 1.94. The Morgan fingerprint density at radius 2 is 1.89 bits per heavy atom. The number of rotatable bonds is 4. The van der Waals surface area contributed by atoms with Crippen LogP contribution in [0.3, 0.4) is 0 Å².